The molecule has 0 aromatic heterocycles. The highest BCUT2D eigenvalue weighted by Gasteiger charge is 2.45. The third kappa shape index (κ3) is 1.72. The van der Waals surface area contributed by atoms with E-state index in [1.54, 1.807) is 18.2 Å². The predicted molar refractivity (Wildman–Crippen MR) is 56.8 cm³/mol. The van der Waals surface area contributed by atoms with Crippen molar-refractivity contribution in [3.05, 3.63) is 29.3 Å². The quantitative estimate of drug-likeness (QED) is 0.578. The van der Waals surface area contributed by atoms with Gasteiger partial charge in [0.05, 0.1) is 12.6 Å². The summed E-state index contributed by atoms with van der Waals surface area (Å²) in [5.41, 5.74) is 0.912. The Morgan fingerprint density at radius 3 is 2.81 bits per heavy atom. The van der Waals surface area contributed by atoms with Gasteiger partial charge in [0.15, 0.2) is 0 Å². The van der Waals surface area contributed by atoms with Crippen molar-refractivity contribution < 1.29 is 13.9 Å². The second kappa shape index (κ2) is 4.06. The number of aliphatic imine (C=N–C) groups is 1. The fraction of sp³-hybridized carbons (Fsp3) is 0.417. The number of benzene rings is 1. The Balaban J connectivity index is 2.40. The van der Waals surface area contributed by atoms with Crippen LogP contribution >= 0.6 is 0 Å². The van der Waals surface area contributed by atoms with E-state index in [1.807, 2.05) is 6.07 Å². The Kier molecular flexibility index (Phi) is 2.75. The number of halogens is 1. The zero-order valence-corrected chi connectivity index (χ0v) is 9.00. The summed E-state index contributed by atoms with van der Waals surface area (Å²) in [6.45, 7) is -0.585. The minimum absolute atomic E-state index is 0.446. The van der Waals surface area contributed by atoms with E-state index in [2.05, 4.69) is 4.99 Å². The summed E-state index contributed by atoms with van der Waals surface area (Å²) in [7, 11) is 1.50. The molecule has 0 saturated heterocycles. The fourth-order valence-corrected chi connectivity index (χ4v) is 1.84. The lowest BCUT2D eigenvalue weighted by Crippen LogP contribution is -2.03. The number of rotatable bonds is 4. The van der Waals surface area contributed by atoms with Gasteiger partial charge >= 0.3 is 0 Å². The molecule has 0 aliphatic heterocycles. The van der Waals surface area contributed by atoms with Crippen LogP contribution in [0.2, 0.25) is 0 Å². The first kappa shape index (κ1) is 10.8. The maximum absolute atomic E-state index is 12.8. The van der Waals surface area contributed by atoms with Gasteiger partial charge in [-0.15, -0.1) is 0 Å². The van der Waals surface area contributed by atoms with Crippen molar-refractivity contribution in [3.8, 4) is 5.75 Å². The number of methoxy groups -OCH3 is 1. The Bertz CT molecular complexity index is 448. The molecule has 1 aliphatic carbocycles. The second-order valence-electron chi connectivity index (χ2n) is 3.89. The van der Waals surface area contributed by atoms with Gasteiger partial charge in [-0.3, -0.25) is 0 Å². The first-order valence-corrected chi connectivity index (χ1v) is 5.08. The Labute approximate surface area is 93.0 Å². The molecule has 1 aromatic rings. The maximum Gasteiger partial charge on any atom is 0.235 e. The van der Waals surface area contributed by atoms with Crippen LogP contribution < -0.4 is 4.74 Å². The van der Waals surface area contributed by atoms with E-state index in [0.29, 0.717) is 11.3 Å². The number of ether oxygens (including phenoxy) is 1. The Hall–Kier alpha value is -1.67. The molecule has 4 heteroatoms. The lowest BCUT2D eigenvalue weighted by Gasteiger charge is -2.11. The lowest BCUT2D eigenvalue weighted by atomic mass is 10.0. The molecule has 0 atom stereocenters. The van der Waals surface area contributed by atoms with Crippen LogP contribution in [0.1, 0.15) is 24.0 Å². The molecule has 1 fully saturated rings. The van der Waals surface area contributed by atoms with Crippen LogP contribution in [0, 0.1) is 0 Å². The highest BCUT2D eigenvalue weighted by molar-refractivity contribution is 5.45. The third-order valence-corrected chi connectivity index (χ3v) is 2.94. The summed E-state index contributed by atoms with van der Waals surface area (Å²) in [6, 6.07) is 5.25. The van der Waals surface area contributed by atoms with Crippen LogP contribution in [0.4, 0.5) is 4.39 Å². The summed E-state index contributed by atoms with van der Waals surface area (Å²) in [5, 5.41) is 0. The van der Waals surface area contributed by atoms with E-state index >= 15 is 0 Å². The summed E-state index contributed by atoms with van der Waals surface area (Å²) in [6.07, 6.45) is 3.22. The molecule has 0 heterocycles. The number of alkyl halides is 1. The van der Waals surface area contributed by atoms with Crippen LogP contribution in [-0.2, 0) is 17.0 Å². The highest BCUT2D eigenvalue weighted by atomic mass is 19.1. The van der Waals surface area contributed by atoms with Gasteiger partial charge in [-0.1, -0.05) is 6.07 Å². The normalized spacial score (nSPS) is 16.4. The predicted octanol–water partition coefficient (Wildman–Crippen LogP) is 2.49. The van der Waals surface area contributed by atoms with Gasteiger partial charge in [0, 0.05) is 5.56 Å². The molecule has 0 amide bonds. The first-order valence-electron chi connectivity index (χ1n) is 5.08. The molecular weight excluding hydrogens is 209 g/mol. The van der Waals surface area contributed by atoms with Crippen LogP contribution in [-0.4, -0.2) is 13.2 Å². The second-order valence-corrected chi connectivity index (χ2v) is 3.89. The van der Waals surface area contributed by atoms with Gasteiger partial charge < -0.3 is 4.74 Å². The summed E-state index contributed by atoms with van der Waals surface area (Å²) >= 11 is 0. The van der Waals surface area contributed by atoms with Gasteiger partial charge in [-0.05, 0) is 30.5 Å². The molecule has 0 radical (unpaired) electrons. The number of isocyanates is 1. The summed E-state index contributed by atoms with van der Waals surface area (Å²) in [5.74, 6) is 0.525. The lowest BCUT2D eigenvalue weighted by molar-refractivity contribution is 0.393. The molecule has 0 bridgehead atoms. The number of nitrogens with zero attached hydrogens (tertiary/aromatic N) is 1. The molecule has 0 unspecified atom stereocenters. The molecule has 0 N–H and O–H groups in total. The molecule has 84 valence electrons. The number of carbonyl (C=O) groups excluding carboxylic acids is 1. The molecule has 1 aromatic carbocycles. The monoisotopic (exact) mass is 221 g/mol. The SMILES string of the molecule is COc1ccc(C2(N=C=O)CC2)cc1CF. The zero-order chi connectivity index (χ0) is 11.6. The minimum Gasteiger partial charge on any atom is -0.496 e. The van der Waals surface area contributed by atoms with E-state index in [1.165, 1.54) is 7.11 Å². The zero-order valence-electron chi connectivity index (χ0n) is 9.00. The standard InChI is InChI=1S/C12H12FNO2/c1-16-11-3-2-10(6-9(11)7-13)12(4-5-12)14-8-15/h2-3,6H,4-5,7H2,1H3. The Morgan fingerprint density at radius 1 is 1.56 bits per heavy atom. The van der Waals surface area contributed by atoms with Crippen molar-refractivity contribution in [3.63, 3.8) is 0 Å². The average Bonchev–Trinajstić information content (AvgIpc) is 3.09. The molecule has 2 rings (SSSR count). The molecule has 3 nitrogen and oxygen atoms in total. The third-order valence-electron chi connectivity index (χ3n) is 2.94. The van der Waals surface area contributed by atoms with Crippen LogP contribution in [0.3, 0.4) is 0 Å². The maximum atomic E-state index is 12.8. The van der Waals surface area contributed by atoms with Crippen molar-refractivity contribution in [1.82, 2.24) is 0 Å². The summed E-state index contributed by atoms with van der Waals surface area (Å²) in [4.78, 5) is 14.1. The highest BCUT2D eigenvalue weighted by Crippen LogP contribution is 2.49. The van der Waals surface area contributed by atoms with E-state index in [-0.39, 0.29) is 0 Å². The fourth-order valence-electron chi connectivity index (χ4n) is 1.84. The molecule has 0 spiro atoms. The van der Waals surface area contributed by atoms with Crippen molar-refractivity contribution in [2.24, 2.45) is 4.99 Å². The Morgan fingerprint density at radius 2 is 2.31 bits per heavy atom. The van der Waals surface area contributed by atoms with Gasteiger partial charge in [0.2, 0.25) is 6.08 Å². The van der Waals surface area contributed by atoms with Crippen LogP contribution in [0.25, 0.3) is 0 Å². The van der Waals surface area contributed by atoms with Crippen molar-refractivity contribution >= 4 is 6.08 Å². The average molecular weight is 221 g/mol. The topological polar surface area (TPSA) is 38.7 Å². The largest absolute Gasteiger partial charge is 0.496 e. The smallest absolute Gasteiger partial charge is 0.235 e. The van der Waals surface area contributed by atoms with E-state index < -0.39 is 12.2 Å². The van der Waals surface area contributed by atoms with Gasteiger partial charge in [-0.25, -0.2) is 9.18 Å². The summed E-state index contributed by atoms with van der Waals surface area (Å²) < 4.78 is 17.8. The minimum atomic E-state index is -0.585. The van der Waals surface area contributed by atoms with Gasteiger partial charge in [0.1, 0.15) is 12.4 Å². The number of hydrogen-bond donors (Lipinski definition) is 0. The molecule has 1 saturated carbocycles. The van der Waals surface area contributed by atoms with E-state index in [9.17, 15) is 9.18 Å². The van der Waals surface area contributed by atoms with E-state index in [0.717, 1.165) is 18.4 Å². The number of hydrogen-bond acceptors (Lipinski definition) is 3. The van der Waals surface area contributed by atoms with Crippen molar-refractivity contribution in [2.75, 3.05) is 7.11 Å². The first-order chi connectivity index (χ1) is 7.75. The molecule has 16 heavy (non-hydrogen) atoms. The van der Waals surface area contributed by atoms with Crippen LogP contribution in [0.15, 0.2) is 23.2 Å². The van der Waals surface area contributed by atoms with Crippen LogP contribution in [0.5, 0.6) is 5.75 Å². The van der Waals surface area contributed by atoms with Crippen molar-refractivity contribution in [1.29, 1.82) is 0 Å². The molecular formula is C12H12FNO2. The van der Waals surface area contributed by atoms with Crippen molar-refractivity contribution in [2.45, 2.75) is 25.1 Å². The van der Waals surface area contributed by atoms with Gasteiger partial charge in [0.25, 0.3) is 0 Å². The van der Waals surface area contributed by atoms with Gasteiger partial charge in [-0.2, -0.15) is 4.99 Å². The molecule has 1 aliphatic rings. The van der Waals surface area contributed by atoms with E-state index in [4.69, 9.17) is 4.74 Å².